The number of aliphatic hydroxyl groups is 1. The van der Waals surface area contributed by atoms with Crippen molar-refractivity contribution in [3.8, 4) is 11.4 Å². The molecule has 2 aromatic heterocycles. The number of hydrogen-bond acceptors (Lipinski definition) is 7. The fourth-order valence-electron chi connectivity index (χ4n) is 5.02. The van der Waals surface area contributed by atoms with Crippen LogP contribution in [0.25, 0.3) is 22.3 Å². The van der Waals surface area contributed by atoms with Gasteiger partial charge in [0.15, 0.2) is 5.60 Å². The molecule has 0 saturated heterocycles. The number of halogens is 2. The number of aromatic nitrogens is 2. The van der Waals surface area contributed by atoms with Crippen LogP contribution in [-0.2, 0) is 44.2 Å². The number of fused-ring (bicyclic) bond motifs is 5. The number of aryl methyl sites for hydroxylation is 1. The Labute approximate surface area is 204 Å². The Hall–Kier alpha value is -3.30. The van der Waals surface area contributed by atoms with E-state index < -0.39 is 22.9 Å². The summed E-state index contributed by atoms with van der Waals surface area (Å²) in [7, 11) is 0. The summed E-state index contributed by atoms with van der Waals surface area (Å²) in [6.07, 6.45) is 0.919. The van der Waals surface area contributed by atoms with Crippen molar-refractivity contribution >= 4 is 34.9 Å². The Morgan fingerprint density at radius 2 is 2.11 bits per heavy atom. The first-order valence-corrected chi connectivity index (χ1v) is 11.6. The van der Waals surface area contributed by atoms with E-state index in [-0.39, 0.29) is 37.3 Å². The molecule has 0 spiro atoms. The Morgan fingerprint density at radius 1 is 1.34 bits per heavy atom. The molecule has 2 aliphatic heterocycles. The Bertz CT molecular complexity index is 1480. The predicted octanol–water partition coefficient (Wildman–Crippen LogP) is 3.29. The molecule has 8 nitrogen and oxygen atoms in total. The third-order valence-electron chi connectivity index (χ3n) is 6.99. The molecular formula is C25H22ClFN2O6. The second-order valence-corrected chi connectivity index (χ2v) is 9.16. The maximum absolute atomic E-state index is 14.8. The summed E-state index contributed by atoms with van der Waals surface area (Å²) >= 11 is 6.87. The quantitative estimate of drug-likeness (QED) is 0.246. The molecule has 3 aromatic rings. The Morgan fingerprint density at radius 3 is 2.83 bits per heavy atom. The standard InChI is InChI=1S/C25H22ClFN2O6/c1-3-25(33)16-7-19-22-14(9-29(19)23(31)15(16)10-35-24(25)32)21(26)20-13(5-4-6-34-11-30)12(2)17(27)8-18(20)28-22/h7-8,11,33H,3-6,9-10H2,1-2H3/t25-/m0/s1. The molecule has 0 unspecified atom stereocenters. The number of nitrogens with zero attached hydrogens (tertiary/aromatic N) is 2. The highest BCUT2D eigenvalue weighted by Crippen LogP contribution is 2.43. The Balaban J connectivity index is 1.72. The number of benzene rings is 1. The van der Waals surface area contributed by atoms with E-state index in [1.54, 1.807) is 19.9 Å². The fourth-order valence-corrected chi connectivity index (χ4v) is 5.38. The molecule has 0 radical (unpaired) electrons. The Kier molecular flexibility index (Phi) is 5.64. The second kappa shape index (κ2) is 8.42. The van der Waals surface area contributed by atoms with Crippen LogP contribution in [0.3, 0.4) is 0 Å². The van der Waals surface area contributed by atoms with Crippen molar-refractivity contribution in [2.45, 2.75) is 51.9 Å². The van der Waals surface area contributed by atoms with Crippen molar-refractivity contribution in [3.63, 3.8) is 0 Å². The van der Waals surface area contributed by atoms with E-state index in [9.17, 15) is 23.9 Å². The molecule has 1 N–H and O–H groups in total. The first-order valence-electron chi connectivity index (χ1n) is 11.2. The number of cyclic esters (lactones) is 1. The zero-order chi connectivity index (χ0) is 25.1. The first kappa shape index (κ1) is 23.4. The van der Waals surface area contributed by atoms with Crippen molar-refractivity contribution in [2.75, 3.05) is 6.61 Å². The van der Waals surface area contributed by atoms with Gasteiger partial charge in [-0.1, -0.05) is 18.5 Å². The van der Waals surface area contributed by atoms with E-state index in [1.165, 1.54) is 10.6 Å². The minimum Gasteiger partial charge on any atom is -0.468 e. The molecule has 0 amide bonds. The third-order valence-corrected chi connectivity index (χ3v) is 7.41. The maximum Gasteiger partial charge on any atom is 0.343 e. The van der Waals surface area contributed by atoms with Gasteiger partial charge in [0.1, 0.15) is 12.4 Å². The van der Waals surface area contributed by atoms with Gasteiger partial charge in [-0.05, 0) is 43.4 Å². The van der Waals surface area contributed by atoms with Crippen LogP contribution in [-0.4, -0.2) is 33.7 Å². The lowest BCUT2D eigenvalue weighted by Crippen LogP contribution is -2.44. The van der Waals surface area contributed by atoms with Gasteiger partial charge in [0.2, 0.25) is 0 Å². The van der Waals surface area contributed by atoms with E-state index in [2.05, 4.69) is 4.98 Å². The van der Waals surface area contributed by atoms with Gasteiger partial charge >= 0.3 is 5.97 Å². The smallest absolute Gasteiger partial charge is 0.343 e. The largest absolute Gasteiger partial charge is 0.468 e. The van der Waals surface area contributed by atoms with Crippen LogP contribution in [0.4, 0.5) is 4.39 Å². The van der Waals surface area contributed by atoms with Gasteiger partial charge in [-0.3, -0.25) is 9.59 Å². The maximum atomic E-state index is 14.8. The van der Waals surface area contributed by atoms with E-state index in [0.717, 1.165) is 0 Å². The number of carbonyl (C=O) groups is 2. The monoisotopic (exact) mass is 500 g/mol. The normalized spacial score (nSPS) is 18.1. The molecule has 1 aromatic carbocycles. The van der Waals surface area contributed by atoms with Gasteiger partial charge in [-0.15, -0.1) is 0 Å². The SMILES string of the molecule is CC[C@@]1(O)C(=O)OCc2c1cc1n(c2=O)Cc2c-1nc1cc(F)c(C)c(CCCOC=O)c1c2Cl. The molecule has 0 aliphatic carbocycles. The summed E-state index contributed by atoms with van der Waals surface area (Å²) in [6.45, 7) is 3.75. The van der Waals surface area contributed by atoms with Crippen LogP contribution in [0.15, 0.2) is 16.9 Å². The highest BCUT2D eigenvalue weighted by atomic mass is 35.5. The zero-order valence-corrected chi connectivity index (χ0v) is 19.9. The molecule has 182 valence electrons. The summed E-state index contributed by atoms with van der Waals surface area (Å²) in [5, 5.41) is 12.0. The van der Waals surface area contributed by atoms with E-state index >= 15 is 0 Å². The van der Waals surface area contributed by atoms with Gasteiger partial charge in [0.05, 0.1) is 40.6 Å². The summed E-state index contributed by atoms with van der Waals surface area (Å²) in [4.78, 5) is 40.8. The topological polar surface area (TPSA) is 108 Å². The van der Waals surface area contributed by atoms with Crippen molar-refractivity contribution in [2.24, 2.45) is 0 Å². The molecule has 1 atom stereocenters. The van der Waals surface area contributed by atoms with Crippen LogP contribution in [0.2, 0.25) is 5.02 Å². The van der Waals surface area contributed by atoms with Crippen molar-refractivity contribution in [1.29, 1.82) is 0 Å². The lowest BCUT2D eigenvalue weighted by Gasteiger charge is -2.31. The van der Waals surface area contributed by atoms with Crippen LogP contribution in [0, 0.1) is 12.7 Å². The summed E-state index contributed by atoms with van der Waals surface area (Å²) in [5.74, 6) is -1.25. The van der Waals surface area contributed by atoms with Gasteiger partial charge in [0, 0.05) is 22.6 Å². The van der Waals surface area contributed by atoms with Crippen molar-refractivity contribution in [3.05, 3.63) is 61.1 Å². The summed E-state index contributed by atoms with van der Waals surface area (Å²) in [6, 6.07) is 2.89. The van der Waals surface area contributed by atoms with Gasteiger partial charge < -0.3 is 19.1 Å². The highest BCUT2D eigenvalue weighted by Gasteiger charge is 2.45. The minimum atomic E-state index is -1.94. The molecule has 4 heterocycles. The summed E-state index contributed by atoms with van der Waals surface area (Å²) in [5.41, 5.74) is 0.891. The minimum absolute atomic E-state index is 0.0299. The van der Waals surface area contributed by atoms with Crippen molar-refractivity contribution in [1.82, 2.24) is 9.55 Å². The predicted molar refractivity (Wildman–Crippen MR) is 125 cm³/mol. The summed E-state index contributed by atoms with van der Waals surface area (Å²) < 4.78 is 26.2. The average Bonchev–Trinajstić information content (AvgIpc) is 3.21. The van der Waals surface area contributed by atoms with Gasteiger partial charge in [-0.2, -0.15) is 0 Å². The van der Waals surface area contributed by atoms with Gasteiger partial charge in [-0.25, -0.2) is 14.2 Å². The van der Waals surface area contributed by atoms with Gasteiger partial charge in [0.25, 0.3) is 12.0 Å². The molecular weight excluding hydrogens is 479 g/mol. The molecule has 0 saturated carbocycles. The number of pyridine rings is 2. The first-order chi connectivity index (χ1) is 16.7. The molecule has 5 rings (SSSR count). The number of rotatable bonds is 6. The highest BCUT2D eigenvalue weighted by molar-refractivity contribution is 6.37. The number of esters is 1. The fraction of sp³-hybridized carbons (Fsp3) is 0.360. The van der Waals surface area contributed by atoms with E-state index in [0.29, 0.717) is 63.3 Å². The van der Waals surface area contributed by atoms with Crippen LogP contribution < -0.4 is 5.56 Å². The van der Waals surface area contributed by atoms with E-state index in [1.807, 2.05) is 0 Å². The molecule has 0 bridgehead atoms. The lowest BCUT2D eigenvalue weighted by atomic mass is 9.86. The van der Waals surface area contributed by atoms with Crippen molar-refractivity contribution < 1.29 is 28.6 Å². The number of hydrogen-bond donors (Lipinski definition) is 1. The van der Waals surface area contributed by atoms with E-state index in [4.69, 9.17) is 21.1 Å². The molecule has 10 heteroatoms. The number of ether oxygens (including phenoxy) is 2. The van der Waals surface area contributed by atoms with Crippen LogP contribution in [0.5, 0.6) is 0 Å². The van der Waals surface area contributed by atoms with Crippen LogP contribution >= 0.6 is 11.6 Å². The third kappa shape index (κ3) is 3.36. The lowest BCUT2D eigenvalue weighted by molar-refractivity contribution is -0.172. The molecule has 35 heavy (non-hydrogen) atoms. The van der Waals surface area contributed by atoms with Crippen LogP contribution in [0.1, 0.15) is 47.6 Å². The number of carbonyl (C=O) groups excluding carboxylic acids is 2. The molecule has 2 aliphatic rings. The average molecular weight is 501 g/mol. The zero-order valence-electron chi connectivity index (χ0n) is 19.1. The second-order valence-electron chi connectivity index (χ2n) is 8.78. The molecule has 0 fully saturated rings.